The summed E-state index contributed by atoms with van der Waals surface area (Å²) in [5, 5.41) is 10.9. The van der Waals surface area contributed by atoms with E-state index in [1.807, 2.05) is 0 Å². The van der Waals surface area contributed by atoms with Gasteiger partial charge in [-0.15, -0.1) is 13.2 Å². The van der Waals surface area contributed by atoms with E-state index in [1.165, 1.54) is 19.1 Å². The average Bonchev–Trinajstić information content (AvgIpc) is 2.25. The molecule has 0 aliphatic carbocycles. The molecule has 0 aromatic heterocycles. The quantitative estimate of drug-likeness (QED) is 0.872. The molecule has 1 rings (SSSR count). The Morgan fingerprint density at radius 1 is 1.40 bits per heavy atom. The van der Waals surface area contributed by atoms with Crippen LogP contribution in [0.2, 0.25) is 0 Å². The number of carboxylic acid groups (broad SMARTS) is 1. The van der Waals surface area contributed by atoms with Gasteiger partial charge in [-0.3, -0.25) is 9.59 Å². The topological polar surface area (TPSA) is 75.6 Å². The maximum atomic E-state index is 12.0. The number of amides is 1. The van der Waals surface area contributed by atoms with Gasteiger partial charge < -0.3 is 15.2 Å². The predicted molar refractivity (Wildman–Crippen MR) is 62.3 cm³/mol. The molecule has 1 aromatic carbocycles. The standard InChI is InChI=1S/C12H12F3NO4/c1-7(5-10(17)18)16-11(19)8-3-2-4-9(6-8)20-12(13,14)15/h2-4,6-7H,5H2,1H3,(H,16,19)(H,17,18). The third kappa shape index (κ3) is 5.59. The number of carbonyl (C=O) groups excluding carboxylic acids is 1. The van der Waals surface area contributed by atoms with Crippen molar-refractivity contribution >= 4 is 11.9 Å². The number of carboxylic acids is 1. The molecular formula is C12H12F3NO4. The number of nitrogens with one attached hydrogen (secondary N) is 1. The summed E-state index contributed by atoms with van der Waals surface area (Å²) in [5.74, 6) is -2.28. The lowest BCUT2D eigenvalue weighted by atomic mass is 10.1. The van der Waals surface area contributed by atoms with E-state index >= 15 is 0 Å². The molecule has 0 radical (unpaired) electrons. The highest BCUT2D eigenvalue weighted by molar-refractivity contribution is 5.94. The molecule has 0 saturated heterocycles. The van der Waals surface area contributed by atoms with E-state index in [1.54, 1.807) is 0 Å². The van der Waals surface area contributed by atoms with Crippen LogP contribution in [-0.2, 0) is 4.79 Å². The van der Waals surface area contributed by atoms with Crippen molar-refractivity contribution in [1.29, 1.82) is 0 Å². The second-order valence-corrected chi connectivity index (χ2v) is 4.05. The van der Waals surface area contributed by atoms with Gasteiger partial charge in [-0.2, -0.15) is 0 Å². The van der Waals surface area contributed by atoms with Crippen molar-refractivity contribution in [3.63, 3.8) is 0 Å². The lowest BCUT2D eigenvalue weighted by Crippen LogP contribution is -2.34. The van der Waals surface area contributed by atoms with Gasteiger partial charge in [0, 0.05) is 11.6 Å². The first-order valence-electron chi connectivity index (χ1n) is 5.56. The third-order valence-corrected chi connectivity index (χ3v) is 2.19. The van der Waals surface area contributed by atoms with Gasteiger partial charge in [0.1, 0.15) is 5.75 Å². The Bertz CT molecular complexity index is 502. The predicted octanol–water partition coefficient (Wildman–Crippen LogP) is 2.18. The van der Waals surface area contributed by atoms with Crippen molar-refractivity contribution in [2.45, 2.75) is 25.7 Å². The number of hydrogen-bond acceptors (Lipinski definition) is 3. The Kier molecular flexibility index (Phi) is 4.95. The molecule has 1 aromatic rings. The van der Waals surface area contributed by atoms with Crippen LogP contribution >= 0.6 is 0 Å². The van der Waals surface area contributed by atoms with Crippen LogP contribution in [0, 0.1) is 0 Å². The lowest BCUT2D eigenvalue weighted by Gasteiger charge is -2.13. The van der Waals surface area contributed by atoms with Gasteiger partial charge in [-0.05, 0) is 25.1 Å². The van der Waals surface area contributed by atoms with Crippen molar-refractivity contribution in [2.24, 2.45) is 0 Å². The largest absolute Gasteiger partial charge is 0.573 e. The molecule has 20 heavy (non-hydrogen) atoms. The van der Waals surface area contributed by atoms with Gasteiger partial charge in [-0.25, -0.2) is 0 Å². The van der Waals surface area contributed by atoms with E-state index in [0.717, 1.165) is 12.1 Å². The number of aliphatic carboxylic acids is 1. The first kappa shape index (κ1) is 15.8. The van der Waals surface area contributed by atoms with Gasteiger partial charge in [0.05, 0.1) is 6.42 Å². The molecule has 0 fully saturated rings. The van der Waals surface area contributed by atoms with Gasteiger partial charge in [0.2, 0.25) is 0 Å². The van der Waals surface area contributed by atoms with E-state index < -0.39 is 30.0 Å². The van der Waals surface area contributed by atoms with Gasteiger partial charge >= 0.3 is 12.3 Å². The molecule has 1 unspecified atom stereocenters. The van der Waals surface area contributed by atoms with E-state index in [0.29, 0.717) is 0 Å². The maximum Gasteiger partial charge on any atom is 0.573 e. The number of benzene rings is 1. The first-order chi connectivity index (χ1) is 9.17. The van der Waals surface area contributed by atoms with Crippen molar-refractivity contribution in [2.75, 3.05) is 0 Å². The van der Waals surface area contributed by atoms with Crippen LogP contribution in [0.15, 0.2) is 24.3 Å². The minimum atomic E-state index is -4.84. The fourth-order valence-corrected chi connectivity index (χ4v) is 1.45. The average molecular weight is 291 g/mol. The summed E-state index contributed by atoms with van der Waals surface area (Å²) in [6.07, 6.45) is -5.13. The molecule has 2 N–H and O–H groups in total. The Balaban J connectivity index is 2.74. The second kappa shape index (κ2) is 6.27. The Labute approximate surface area is 112 Å². The SMILES string of the molecule is CC(CC(=O)O)NC(=O)c1cccc(OC(F)(F)F)c1. The van der Waals surface area contributed by atoms with Crippen LogP contribution in [0.5, 0.6) is 5.75 Å². The summed E-state index contributed by atoms with van der Waals surface area (Å²) in [6, 6.07) is 3.87. The number of ether oxygens (including phenoxy) is 1. The number of carbonyl (C=O) groups is 2. The minimum absolute atomic E-state index is 0.0519. The molecule has 5 nitrogen and oxygen atoms in total. The summed E-state index contributed by atoms with van der Waals surface area (Å²) < 4.78 is 39.8. The lowest BCUT2D eigenvalue weighted by molar-refractivity contribution is -0.274. The first-order valence-corrected chi connectivity index (χ1v) is 5.56. The highest BCUT2D eigenvalue weighted by Gasteiger charge is 2.31. The molecule has 110 valence electrons. The van der Waals surface area contributed by atoms with Gasteiger partial charge in [0.25, 0.3) is 5.91 Å². The Morgan fingerprint density at radius 3 is 2.60 bits per heavy atom. The summed E-state index contributed by atoms with van der Waals surface area (Å²) in [4.78, 5) is 22.2. The van der Waals surface area contributed by atoms with Crippen LogP contribution in [0.4, 0.5) is 13.2 Å². The minimum Gasteiger partial charge on any atom is -0.481 e. The van der Waals surface area contributed by atoms with Crippen molar-refractivity contribution in [3.05, 3.63) is 29.8 Å². The van der Waals surface area contributed by atoms with Gasteiger partial charge in [0.15, 0.2) is 0 Å². The zero-order valence-corrected chi connectivity index (χ0v) is 10.4. The summed E-state index contributed by atoms with van der Waals surface area (Å²) in [6.45, 7) is 1.47. The van der Waals surface area contributed by atoms with Crippen LogP contribution in [0.3, 0.4) is 0 Å². The molecule has 0 aliphatic heterocycles. The van der Waals surface area contributed by atoms with Crippen molar-refractivity contribution in [1.82, 2.24) is 5.32 Å². The highest BCUT2D eigenvalue weighted by atomic mass is 19.4. The fourth-order valence-electron chi connectivity index (χ4n) is 1.45. The van der Waals surface area contributed by atoms with Crippen LogP contribution in [0.25, 0.3) is 0 Å². The Hall–Kier alpha value is -2.25. The summed E-state index contributed by atoms with van der Waals surface area (Å²) >= 11 is 0. The zero-order chi connectivity index (χ0) is 15.3. The number of rotatable bonds is 5. The van der Waals surface area contributed by atoms with Gasteiger partial charge in [-0.1, -0.05) is 6.07 Å². The molecule has 1 atom stereocenters. The summed E-state index contributed by atoms with van der Waals surface area (Å²) in [5.41, 5.74) is -0.0519. The fraction of sp³-hybridized carbons (Fsp3) is 0.333. The number of alkyl halides is 3. The molecule has 8 heteroatoms. The number of hydrogen-bond donors (Lipinski definition) is 2. The highest BCUT2D eigenvalue weighted by Crippen LogP contribution is 2.23. The van der Waals surface area contributed by atoms with E-state index in [9.17, 15) is 22.8 Å². The Morgan fingerprint density at radius 2 is 2.05 bits per heavy atom. The molecule has 1 amide bonds. The molecule has 0 spiro atoms. The molecule has 0 heterocycles. The van der Waals surface area contributed by atoms with Crippen molar-refractivity contribution < 1.29 is 32.6 Å². The molecule has 0 saturated carbocycles. The zero-order valence-electron chi connectivity index (χ0n) is 10.4. The molecular weight excluding hydrogens is 279 g/mol. The van der Waals surface area contributed by atoms with Crippen molar-refractivity contribution in [3.8, 4) is 5.75 Å². The summed E-state index contributed by atoms with van der Waals surface area (Å²) in [7, 11) is 0. The maximum absolute atomic E-state index is 12.0. The normalized spacial score (nSPS) is 12.6. The second-order valence-electron chi connectivity index (χ2n) is 4.05. The number of halogens is 3. The molecule has 0 bridgehead atoms. The monoisotopic (exact) mass is 291 g/mol. The van der Waals surface area contributed by atoms with Crippen LogP contribution in [0.1, 0.15) is 23.7 Å². The van der Waals surface area contributed by atoms with Crippen LogP contribution in [-0.4, -0.2) is 29.4 Å². The smallest absolute Gasteiger partial charge is 0.481 e. The van der Waals surface area contributed by atoms with Crippen LogP contribution < -0.4 is 10.1 Å². The third-order valence-electron chi connectivity index (χ3n) is 2.19. The van der Waals surface area contributed by atoms with E-state index in [2.05, 4.69) is 10.1 Å². The molecule has 0 aliphatic rings. The van der Waals surface area contributed by atoms with E-state index in [4.69, 9.17) is 5.11 Å². The van der Waals surface area contributed by atoms with E-state index in [-0.39, 0.29) is 12.0 Å².